The lowest BCUT2D eigenvalue weighted by molar-refractivity contribution is 0.0842. The molecule has 0 aliphatic rings. The molecule has 0 aliphatic heterocycles. The first-order valence-corrected chi connectivity index (χ1v) is 5.43. The summed E-state index contributed by atoms with van der Waals surface area (Å²) in [4.78, 5) is 4.36. The number of ether oxygens (including phenoxy) is 1. The molecule has 4 heteroatoms. The molecule has 17 heavy (non-hydrogen) atoms. The third-order valence-electron chi connectivity index (χ3n) is 2.42. The Labute approximate surface area is 98.9 Å². The van der Waals surface area contributed by atoms with Gasteiger partial charge in [0.05, 0.1) is 5.52 Å². The molecular weight excluding hydrogens is 220 g/mol. The Morgan fingerprint density at radius 2 is 2.18 bits per heavy atom. The number of aryl methyl sites for hydroxylation is 1. The number of aliphatic hydroxyl groups excluding tert-OH is 1. The van der Waals surface area contributed by atoms with Crippen LogP contribution in [0.3, 0.4) is 0 Å². The molecule has 2 rings (SSSR count). The molecule has 1 aromatic carbocycles. The van der Waals surface area contributed by atoms with E-state index < -0.39 is 12.8 Å². The first-order valence-electron chi connectivity index (χ1n) is 5.43. The van der Waals surface area contributed by atoms with E-state index in [9.17, 15) is 4.39 Å². The van der Waals surface area contributed by atoms with Crippen LogP contribution in [0.2, 0.25) is 0 Å². The van der Waals surface area contributed by atoms with Crippen LogP contribution in [0.15, 0.2) is 30.3 Å². The van der Waals surface area contributed by atoms with E-state index in [1.54, 1.807) is 6.07 Å². The number of fused-ring (bicyclic) bond motifs is 1. The normalized spacial score (nSPS) is 12.6. The molecule has 0 aliphatic carbocycles. The number of benzene rings is 1. The van der Waals surface area contributed by atoms with Crippen molar-refractivity contribution in [3.8, 4) is 5.75 Å². The van der Waals surface area contributed by atoms with Crippen LogP contribution in [0.4, 0.5) is 4.39 Å². The summed E-state index contributed by atoms with van der Waals surface area (Å²) < 4.78 is 17.3. The van der Waals surface area contributed by atoms with Gasteiger partial charge in [0.1, 0.15) is 25.1 Å². The molecule has 0 spiro atoms. The topological polar surface area (TPSA) is 42.4 Å². The first kappa shape index (κ1) is 11.8. The number of halogens is 1. The highest BCUT2D eigenvalue weighted by Crippen LogP contribution is 2.19. The quantitative estimate of drug-likeness (QED) is 0.882. The molecular formula is C13H14FNO2. The Balaban J connectivity index is 2.17. The van der Waals surface area contributed by atoms with E-state index in [0.717, 1.165) is 16.6 Å². The third kappa shape index (κ3) is 2.91. The van der Waals surface area contributed by atoms with E-state index in [0.29, 0.717) is 5.75 Å². The van der Waals surface area contributed by atoms with E-state index in [1.165, 1.54) is 0 Å². The molecule has 0 fully saturated rings. The van der Waals surface area contributed by atoms with Gasteiger partial charge < -0.3 is 9.84 Å². The molecule has 0 amide bonds. The predicted octanol–water partition coefficient (Wildman–Crippen LogP) is 2.25. The van der Waals surface area contributed by atoms with Crippen LogP contribution < -0.4 is 4.74 Å². The van der Waals surface area contributed by atoms with Crippen molar-refractivity contribution in [3.63, 3.8) is 0 Å². The fourth-order valence-electron chi connectivity index (χ4n) is 1.53. The molecule has 0 unspecified atom stereocenters. The summed E-state index contributed by atoms with van der Waals surface area (Å²) in [6.45, 7) is 1.09. The molecule has 1 N–H and O–H groups in total. The zero-order chi connectivity index (χ0) is 12.3. The number of hydrogen-bond donors (Lipinski definition) is 1. The van der Waals surface area contributed by atoms with Gasteiger partial charge >= 0.3 is 0 Å². The molecule has 1 aromatic heterocycles. The van der Waals surface area contributed by atoms with Gasteiger partial charge in [0.15, 0.2) is 0 Å². The second kappa shape index (κ2) is 5.10. The minimum absolute atomic E-state index is 0.0404. The fraction of sp³-hybridized carbons (Fsp3) is 0.308. The minimum atomic E-state index is -1.07. The number of alkyl halides is 1. The SMILES string of the molecule is Cc1ccc2cc(OC[C@H](O)C[18F])ccc2n1. The van der Waals surface area contributed by atoms with Crippen molar-refractivity contribution in [1.82, 2.24) is 4.98 Å². The number of hydrogen-bond acceptors (Lipinski definition) is 3. The minimum Gasteiger partial charge on any atom is -0.491 e. The lowest BCUT2D eigenvalue weighted by Gasteiger charge is -2.09. The molecule has 1 heterocycles. The average Bonchev–Trinajstić information content (AvgIpc) is 2.35. The van der Waals surface area contributed by atoms with E-state index in [1.807, 2.05) is 31.2 Å². The van der Waals surface area contributed by atoms with E-state index in [2.05, 4.69) is 4.98 Å². The van der Waals surface area contributed by atoms with Crippen molar-refractivity contribution in [3.05, 3.63) is 36.0 Å². The molecule has 90 valence electrons. The number of aromatic nitrogens is 1. The van der Waals surface area contributed by atoms with Crippen molar-refractivity contribution < 1.29 is 14.2 Å². The van der Waals surface area contributed by atoms with Gasteiger partial charge in [0.25, 0.3) is 0 Å². The molecule has 3 nitrogen and oxygen atoms in total. The van der Waals surface area contributed by atoms with Gasteiger partial charge in [-0.1, -0.05) is 6.07 Å². The highest BCUT2D eigenvalue weighted by atomic mass is 18.2. The molecule has 1 atom stereocenters. The van der Waals surface area contributed by atoms with Gasteiger partial charge in [-0.25, -0.2) is 4.39 Å². The largest absolute Gasteiger partial charge is 0.491 e. The highest BCUT2D eigenvalue weighted by Gasteiger charge is 2.04. The Hall–Kier alpha value is -1.68. The molecule has 0 saturated heterocycles. The molecule has 2 aromatic rings. The van der Waals surface area contributed by atoms with Crippen molar-refractivity contribution in [1.29, 1.82) is 0 Å². The molecule has 0 radical (unpaired) electrons. The third-order valence-corrected chi connectivity index (χ3v) is 2.42. The van der Waals surface area contributed by atoms with E-state index in [-0.39, 0.29) is 6.61 Å². The zero-order valence-electron chi connectivity index (χ0n) is 9.56. The Morgan fingerprint density at radius 3 is 2.94 bits per heavy atom. The summed E-state index contributed by atoms with van der Waals surface area (Å²) in [5.74, 6) is 0.607. The van der Waals surface area contributed by atoms with Crippen LogP contribution >= 0.6 is 0 Å². The van der Waals surface area contributed by atoms with Crippen LogP contribution in [0, 0.1) is 6.92 Å². The van der Waals surface area contributed by atoms with Crippen molar-refractivity contribution in [2.45, 2.75) is 13.0 Å². The summed E-state index contributed by atoms with van der Waals surface area (Å²) in [5, 5.41) is 10.0. The van der Waals surface area contributed by atoms with E-state index in [4.69, 9.17) is 9.84 Å². The van der Waals surface area contributed by atoms with Gasteiger partial charge in [-0.3, -0.25) is 4.98 Å². The highest BCUT2D eigenvalue weighted by molar-refractivity contribution is 5.80. The monoisotopic (exact) mass is 234 g/mol. The summed E-state index contributed by atoms with van der Waals surface area (Å²) in [7, 11) is 0. The van der Waals surface area contributed by atoms with Crippen LogP contribution in [-0.2, 0) is 0 Å². The van der Waals surface area contributed by atoms with Crippen LogP contribution in [0.25, 0.3) is 10.9 Å². The maximum Gasteiger partial charge on any atom is 0.120 e. The maximum atomic E-state index is 12.0. The standard InChI is InChI=1S/C13H14FNO2/c1-9-2-3-10-6-12(4-5-13(10)15-9)17-8-11(16)7-14/h2-6,11,16H,7-8H2,1H3/t11-/m1/s1/i14-1. The van der Waals surface area contributed by atoms with Crippen LogP contribution in [0.1, 0.15) is 5.69 Å². The summed E-state index contributed by atoms with van der Waals surface area (Å²) in [6, 6.07) is 9.31. The zero-order valence-corrected chi connectivity index (χ0v) is 9.56. The first-order chi connectivity index (χ1) is 8.19. The van der Waals surface area contributed by atoms with Gasteiger partial charge in [0.2, 0.25) is 0 Å². The van der Waals surface area contributed by atoms with Gasteiger partial charge in [-0.05, 0) is 31.2 Å². The number of nitrogens with zero attached hydrogens (tertiary/aromatic N) is 1. The fourth-order valence-corrected chi connectivity index (χ4v) is 1.53. The average molecular weight is 234 g/mol. The lowest BCUT2D eigenvalue weighted by Crippen LogP contribution is -2.19. The second-order valence-electron chi connectivity index (χ2n) is 3.93. The summed E-state index contributed by atoms with van der Waals surface area (Å²) >= 11 is 0. The van der Waals surface area contributed by atoms with Crippen molar-refractivity contribution in [2.24, 2.45) is 0 Å². The smallest absolute Gasteiger partial charge is 0.120 e. The Kier molecular flexibility index (Phi) is 3.54. The van der Waals surface area contributed by atoms with Gasteiger partial charge in [-0.15, -0.1) is 0 Å². The van der Waals surface area contributed by atoms with Gasteiger partial charge in [-0.2, -0.15) is 0 Å². The number of pyridine rings is 1. The van der Waals surface area contributed by atoms with Crippen LogP contribution in [0.5, 0.6) is 5.75 Å². The second-order valence-corrected chi connectivity index (χ2v) is 3.93. The van der Waals surface area contributed by atoms with Gasteiger partial charge in [0, 0.05) is 11.1 Å². The van der Waals surface area contributed by atoms with Crippen molar-refractivity contribution >= 4 is 10.9 Å². The van der Waals surface area contributed by atoms with Crippen LogP contribution in [-0.4, -0.2) is 29.5 Å². The predicted molar refractivity (Wildman–Crippen MR) is 64.0 cm³/mol. The molecule has 0 saturated carbocycles. The van der Waals surface area contributed by atoms with Crippen molar-refractivity contribution in [2.75, 3.05) is 13.3 Å². The number of rotatable bonds is 4. The van der Waals surface area contributed by atoms with E-state index >= 15 is 0 Å². The molecule has 0 bridgehead atoms. The summed E-state index contributed by atoms with van der Waals surface area (Å²) in [5.41, 5.74) is 1.85. The maximum absolute atomic E-state index is 12.0. The lowest BCUT2D eigenvalue weighted by atomic mass is 10.2. The Morgan fingerprint density at radius 1 is 1.35 bits per heavy atom. The summed E-state index contributed by atoms with van der Waals surface area (Å²) in [6.07, 6.45) is -1.07. The number of aliphatic hydroxyl groups is 1. The Bertz CT molecular complexity index is 516.